The molecule has 0 amide bonds. The van der Waals surface area contributed by atoms with Gasteiger partial charge < -0.3 is 9.52 Å². The summed E-state index contributed by atoms with van der Waals surface area (Å²) in [5, 5.41) is 16.4. The van der Waals surface area contributed by atoms with Crippen LogP contribution < -0.4 is 0 Å². The molecular weight excluding hydrogens is 232 g/mol. The summed E-state index contributed by atoms with van der Waals surface area (Å²) in [4.78, 5) is 10.6. The van der Waals surface area contributed by atoms with Gasteiger partial charge in [-0.15, -0.1) is 0 Å². The molecule has 0 spiro atoms. The molecule has 1 heterocycles. The Bertz CT molecular complexity index is 569. The second kappa shape index (κ2) is 5.58. The predicted molar refractivity (Wildman–Crippen MR) is 67.3 cm³/mol. The molecular formula is C13H10N2O3. The molecule has 0 radical (unpaired) electrons. The smallest absolute Gasteiger partial charge is 0.335 e. The van der Waals surface area contributed by atoms with Crippen LogP contribution in [-0.2, 0) is 0 Å². The fraction of sp³-hybridized carbons (Fsp3) is 0. The van der Waals surface area contributed by atoms with Crippen LogP contribution in [0.5, 0.6) is 0 Å². The van der Waals surface area contributed by atoms with E-state index in [0.29, 0.717) is 5.76 Å². The van der Waals surface area contributed by atoms with Crippen molar-refractivity contribution in [3.8, 4) is 0 Å². The molecule has 1 aromatic carbocycles. The number of rotatable bonds is 4. The Morgan fingerprint density at radius 2 is 1.83 bits per heavy atom. The van der Waals surface area contributed by atoms with Gasteiger partial charge in [0.15, 0.2) is 0 Å². The van der Waals surface area contributed by atoms with Gasteiger partial charge in [-0.2, -0.15) is 10.2 Å². The van der Waals surface area contributed by atoms with Crippen molar-refractivity contribution < 1.29 is 14.3 Å². The number of carboxylic acid groups (broad SMARTS) is 1. The van der Waals surface area contributed by atoms with E-state index in [-0.39, 0.29) is 5.56 Å². The van der Waals surface area contributed by atoms with Crippen LogP contribution in [-0.4, -0.2) is 23.5 Å². The Balaban J connectivity index is 1.99. The van der Waals surface area contributed by atoms with Gasteiger partial charge in [-0.05, 0) is 29.8 Å². The van der Waals surface area contributed by atoms with Crippen molar-refractivity contribution in [1.29, 1.82) is 0 Å². The fourth-order valence-electron chi connectivity index (χ4n) is 1.27. The van der Waals surface area contributed by atoms with Crippen molar-refractivity contribution in [2.45, 2.75) is 0 Å². The maximum atomic E-state index is 10.6. The second-order valence-corrected chi connectivity index (χ2v) is 3.43. The van der Waals surface area contributed by atoms with Crippen LogP contribution in [0.1, 0.15) is 21.7 Å². The van der Waals surface area contributed by atoms with E-state index in [1.54, 1.807) is 30.5 Å². The first-order chi connectivity index (χ1) is 8.75. The number of carbonyl (C=O) groups is 1. The first-order valence-corrected chi connectivity index (χ1v) is 5.19. The number of nitrogens with zero attached hydrogens (tertiary/aromatic N) is 2. The molecule has 1 aromatic heterocycles. The number of aromatic carboxylic acids is 1. The molecule has 0 atom stereocenters. The van der Waals surface area contributed by atoms with E-state index in [1.165, 1.54) is 24.6 Å². The van der Waals surface area contributed by atoms with Crippen molar-refractivity contribution >= 4 is 18.4 Å². The van der Waals surface area contributed by atoms with Gasteiger partial charge >= 0.3 is 5.97 Å². The van der Waals surface area contributed by atoms with E-state index in [0.717, 1.165) is 5.56 Å². The van der Waals surface area contributed by atoms with Crippen LogP contribution >= 0.6 is 0 Å². The molecule has 0 unspecified atom stereocenters. The van der Waals surface area contributed by atoms with Crippen molar-refractivity contribution in [1.82, 2.24) is 0 Å². The summed E-state index contributed by atoms with van der Waals surface area (Å²) >= 11 is 0. The van der Waals surface area contributed by atoms with Gasteiger partial charge in [-0.1, -0.05) is 12.1 Å². The van der Waals surface area contributed by atoms with Crippen molar-refractivity contribution in [3.63, 3.8) is 0 Å². The molecule has 5 heteroatoms. The maximum Gasteiger partial charge on any atom is 0.335 e. The quantitative estimate of drug-likeness (QED) is 0.660. The second-order valence-electron chi connectivity index (χ2n) is 3.43. The molecule has 90 valence electrons. The van der Waals surface area contributed by atoms with Crippen molar-refractivity contribution in [3.05, 3.63) is 59.5 Å². The number of hydrogen-bond donors (Lipinski definition) is 1. The first-order valence-electron chi connectivity index (χ1n) is 5.19. The third-order valence-electron chi connectivity index (χ3n) is 2.16. The number of carboxylic acids is 1. The number of benzene rings is 1. The average Bonchev–Trinajstić information content (AvgIpc) is 2.88. The molecule has 0 saturated carbocycles. The van der Waals surface area contributed by atoms with Gasteiger partial charge in [-0.3, -0.25) is 0 Å². The number of furan rings is 1. The van der Waals surface area contributed by atoms with Gasteiger partial charge in [0.1, 0.15) is 5.76 Å². The topological polar surface area (TPSA) is 75.2 Å². The summed E-state index contributed by atoms with van der Waals surface area (Å²) in [7, 11) is 0. The largest absolute Gasteiger partial charge is 0.478 e. The zero-order chi connectivity index (χ0) is 12.8. The Hall–Kier alpha value is -2.69. The molecule has 5 nitrogen and oxygen atoms in total. The van der Waals surface area contributed by atoms with Crippen LogP contribution in [0.25, 0.3) is 0 Å². The molecule has 0 fully saturated rings. The van der Waals surface area contributed by atoms with E-state index >= 15 is 0 Å². The lowest BCUT2D eigenvalue weighted by Crippen LogP contribution is -1.95. The molecule has 0 saturated heterocycles. The SMILES string of the molecule is O=C(O)c1ccc(C=N/N=C/c2ccco2)cc1. The summed E-state index contributed by atoms with van der Waals surface area (Å²) in [6.07, 6.45) is 4.57. The molecule has 18 heavy (non-hydrogen) atoms. The molecule has 2 rings (SSSR count). The van der Waals surface area contributed by atoms with Crippen LogP contribution in [0.4, 0.5) is 0 Å². The third kappa shape index (κ3) is 3.15. The highest BCUT2D eigenvalue weighted by atomic mass is 16.4. The average molecular weight is 242 g/mol. The van der Waals surface area contributed by atoms with Gasteiger partial charge in [0, 0.05) is 0 Å². The van der Waals surface area contributed by atoms with Gasteiger partial charge in [0.05, 0.1) is 24.3 Å². The maximum absolute atomic E-state index is 10.6. The highest BCUT2D eigenvalue weighted by Crippen LogP contribution is 2.02. The molecule has 0 bridgehead atoms. The van der Waals surface area contributed by atoms with Crippen LogP contribution in [0.15, 0.2) is 57.3 Å². The van der Waals surface area contributed by atoms with Crippen LogP contribution in [0, 0.1) is 0 Å². The Morgan fingerprint density at radius 3 is 2.44 bits per heavy atom. The van der Waals surface area contributed by atoms with Gasteiger partial charge in [-0.25, -0.2) is 4.79 Å². The summed E-state index contributed by atoms with van der Waals surface area (Å²) in [5.41, 5.74) is 1.02. The highest BCUT2D eigenvalue weighted by molar-refractivity contribution is 5.89. The minimum atomic E-state index is -0.950. The van der Waals surface area contributed by atoms with E-state index in [4.69, 9.17) is 9.52 Å². The van der Waals surface area contributed by atoms with E-state index in [9.17, 15) is 4.79 Å². The van der Waals surface area contributed by atoms with E-state index < -0.39 is 5.97 Å². The lowest BCUT2D eigenvalue weighted by molar-refractivity contribution is 0.0697. The first kappa shape index (κ1) is 11.8. The van der Waals surface area contributed by atoms with Gasteiger partial charge in [0.2, 0.25) is 0 Å². The van der Waals surface area contributed by atoms with E-state index in [2.05, 4.69) is 10.2 Å². The zero-order valence-electron chi connectivity index (χ0n) is 9.35. The minimum absolute atomic E-state index is 0.242. The third-order valence-corrected chi connectivity index (χ3v) is 2.16. The fourth-order valence-corrected chi connectivity index (χ4v) is 1.27. The minimum Gasteiger partial charge on any atom is -0.478 e. The Kier molecular flexibility index (Phi) is 3.66. The molecule has 0 aliphatic carbocycles. The highest BCUT2D eigenvalue weighted by Gasteiger charge is 1.99. The van der Waals surface area contributed by atoms with Gasteiger partial charge in [0.25, 0.3) is 0 Å². The normalized spacial score (nSPS) is 11.3. The Morgan fingerprint density at radius 1 is 1.11 bits per heavy atom. The molecule has 0 aliphatic heterocycles. The standard InChI is InChI=1S/C13H10N2O3/c16-13(17)11-5-3-10(4-6-11)8-14-15-9-12-2-1-7-18-12/h1-9H,(H,16,17)/b14-8?,15-9+. The van der Waals surface area contributed by atoms with Crippen molar-refractivity contribution in [2.24, 2.45) is 10.2 Å². The van der Waals surface area contributed by atoms with Crippen LogP contribution in [0.3, 0.4) is 0 Å². The summed E-state index contributed by atoms with van der Waals surface area (Å²) in [6.45, 7) is 0. The molecule has 0 aliphatic rings. The Labute approximate surface area is 103 Å². The lowest BCUT2D eigenvalue weighted by Gasteiger charge is -1.94. The molecule has 1 N–H and O–H groups in total. The van der Waals surface area contributed by atoms with Crippen molar-refractivity contribution in [2.75, 3.05) is 0 Å². The summed E-state index contributed by atoms with van der Waals surface area (Å²) < 4.78 is 5.04. The molecule has 2 aromatic rings. The number of hydrogen-bond acceptors (Lipinski definition) is 4. The predicted octanol–water partition coefficient (Wildman–Crippen LogP) is 2.43. The van der Waals surface area contributed by atoms with Crippen LogP contribution in [0.2, 0.25) is 0 Å². The summed E-state index contributed by atoms with van der Waals surface area (Å²) in [6, 6.07) is 9.88. The monoisotopic (exact) mass is 242 g/mol. The summed E-state index contributed by atoms with van der Waals surface area (Å²) in [5.74, 6) is -0.331. The lowest BCUT2D eigenvalue weighted by atomic mass is 10.1. The van der Waals surface area contributed by atoms with E-state index in [1.807, 2.05) is 0 Å². The zero-order valence-corrected chi connectivity index (χ0v) is 9.35.